The SMILES string of the molecule is O=[N+]([O-])c1ccc(NC2CCC3(CC2)OCCO3)cc1Br. The molecule has 21 heavy (non-hydrogen) atoms. The highest BCUT2D eigenvalue weighted by Crippen LogP contribution is 2.37. The van der Waals surface area contributed by atoms with Crippen LogP contribution in [0, 0.1) is 10.1 Å². The van der Waals surface area contributed by atoms with Crippen LogP contribution < -0.4 is 5.32 Å². The van der Waals surface area contributed by atoms with E-state index in [9.17, 15) is 10.1 Å². The smallest absolute Gasteiger partial charge is 0.283 e. The molecular formula is C14H17BrN2O4. The van der Waals surface area contributed by atoms with Crippen molar-refractivity contribution in [2.45, 2.75) is 37.5 Å². The molecule has 3 rings (SSSR count). The Morgan fingerprint density at radius 3 is 2.52 bits per heavy atom. The summed E-state index contributed by atoms with van der Waals surface area (Å²) in [5.41, 5.74) is 0.970. The Kier molecular flexibility index (Phi) is 4.14. The van der Waals surface area contributed by atoms with Crippen molar-refractivity contribution in [2.24, 2.45) is 0 Å². The van der Waals surface area contributed by atoms with Gasteiger partial charge in [0.25, 0.3) is 5.69 Å². The molecule has 7 heteroatoms. The van der Waals surface area contributed by atoms with Gasteiger partial charge in [0, 0.05) is 30.6 Å². The van der Waals surface area contributed by atoms with Crippen molar-refractivity contribution >= 4 is 27.3 Å². The number of nitro benzene ring substituents is 1. The summed E-state index contributed by atoms with van der Waals surface area (Å²) in [4.78, 5) is 10.4. The van der Waals surface area contributed by atoms with Crippen LogP contribution in [0.3, 0.4) is 0 Å². The lowest BCUT2D eigenvalue weighted by atomic mass is 9.90. The van der Waals surface area contributed by atoms with E-state index in [1.807, 2.05) is 0 Å². The molecule has 0 radical (unpaired) electrons. The van der Waals surface area contributed by atoms with Crippen LogP contribution in [0.25, 0.3) is 0 Å². The third kappa shape index (κ3) is 3.20. The zero-order chi connectivity index (χ0) is 14.9. The molecule has 0 aromatic heterocycles. The molecule has 1 N–H and O–H groups in total. The predicted molar refractivity (Wildman–Crippen MR) is 81.3 cm³/mol. The summed E-state index contributed by atoms with van der Waals surface area (Å²) in [5.74, 6) is -0.353. The number of nitrogens with zero attached hydrogens (tertiary/aromatic N) is 1. The number of ether oxygens (including phenoxy) is 2. The molecule has 1 aromatic rings. The Hall–Kier alpha value is -1.18. The minimum absolute atomic E-state index is 0.0795. The fraction of sp³-hybridized carbons (Fsp3) is 0.571. The van der Waals surface area contributed by atoms with Gasteiger partial charge in [0.15, 0.2) is 5.79 Å². The van der Waals surface area contributed by atoms with E-state index in [0.29, 0.717) is 23.7 Å². The van der Waals surface area contributed by atoms with Crippen LogP contribution in [0.1, 0.15) is 25.7 Å². The Bertz CT molecular complexity index is 536. The molecule has 0 atom stereocenters. The highest BCUT2D eigenvalue weighted by Gasteiger charge is 2.40. The zero-order valence-electron chi connectivity index (χ0n) is 11.5. The fourth-order valence-electron chi connectivity index (χ4n) is 2.97. The number of rotatable bonds is 3. The molecule has 1 spiro atoms. The average molecular weight is 357 g/mol. The number of anilines is 1. The van der Waals surface area contributed by atoms with Gasteiger partial charge in [0.2, 0.25) is 0 Å². The lowest BCUT2D eigenvalue weighted by molar-refractivity contribution is -0.385. The van der Waals surface area contributed by atoms with Crippen LogP contribution in [0.15, 0.2) is 22.7 Å². The van der Waals surface area contributed by atoms with Crippen molar-refractivity contribution in [2.75, 3.05) is 18.5 Å². The van der Waals surface area contributed by atoms with Gasteiger partial charge in [-0.25, -0.2) is 0 Å². The van der Waals surface area contributed by atoms with E-state index >= 15 is 0 Å². The van der Waals surface area contributed by atoms with Gasteiger partial charge >= 0.3 is 0 Å². The molecular weight excluding hydrogens is 340 g/mol. The minimum Gasteiger partial charge on any atom is -0.382 e. The molecule has 0 bridgehead atoms. The average Bonchev–Trinajstić information content (AvgIpc) is 2.90. The summed E-state index contributed by atoms with van der Waals surface area (Å²) >= 11 is 3.24. The van der Waals surface area contributed by atoms with Crippen LogP contribution in [-0.2, 0) is 9.47 Å². The molecule has 0 unspecified atom stereocenters. The normalized spacial score (nSPS) is 21.6. The number of hydrogen-bond donors (Lipinski definition) is 1. The van der Waals surface area contributed by atoms with E-state index < -0.39 is 4.92 Å². The molecule has 1 aromatic carbocycles. The second-order valence-electron chi connectivity index (χ2n) is 5.45. The van der Waals surface area contributed by atoms with Crippen LogP contribution in [-0.4, -0.2) is 30.0 Å². The van der Waals surface area contributed by atoms with Gasteiger partial charge in [-0.05, 0) is 40.9 Å². The number of benzene rings is 1. The van der Waals surface area contributed by atoms with Gasteiger partial charge in [-0.15, -0.1) is 0 Å². The van der Waals surface area contributed by atoms with Crippen molar-refractivity contribution in [3.8, 4) is 0 Å². The fourth-order valence-corrected chi connectivity index (χ4v) is 3.49. The lowest BCUT2D eigenvalue weighted by Gasteiger charge is -2.36. The largest absolute Gasteiger partial charge is 0.382 e. The van der Waals surface area contributed by atoms with Crippen LogP contribution >= 0.6 is 15.9 Å². The van der Waals surface area contributed by atoms with E-state index in [-0.39, 0.29) is 11.5 Å². The Labute approximate surface area is 131 Å². The van der Waals surface area contributed by atoms with E-state index in [0.717, 1.165) is 31.4 Å². The first kappa shape index (κ1) is 14.7. The number of hydrogen-bond acceptors (Lipinski definition) is 5. The second kappa shape index (κ2) is 5.90. The second-order valence-corrected chi connectivity index (χ2v) is 6.30. The van der Waals surface area contributed by atoms with Crippen molar-refractivity contribution in [3.63, 3.8) is 0 Å². The van der Waals surface area contributed by atoms with Gasteiger partial charge in [0.05, 0.1) is 22.6 Å². The summed E-state index contributed by atoms with van der Waals surface area (Å²) in [6.07, 6.45) is 3.71. The van der Waals surface area contributed by atoms with Crippen LogP contribution in [0.5, 0.6) is 0 Å². The zero-order valence-corrected chi connectivity index (χ0v) is 13.1. The van der Waals surface area contributed by atoms with Crippen LogP contribution in [0.4, 0.5) is 11.4 Å². The van der Waals surface area contributed by atoms with E-state index in [1.165, 1.54) is 6.07 Å². The van der Waals surface area contributed by atoms with Gasteiger partial charge in [-0.3, -0.25) is 10.1 Å². The Balaban J connectivity index is 1.60. The third-order valence-electron chi connectivity index (χ3n) is 4.08. The summed E-state index contributed by atoms with van der Waals surface area (Å²) in [6.45, 7) is 1.38. The van der Waals surface area contributed by atoms with Gasteiger partial charge < -0.3 is 14.8 Å². The molecule has 114 valence electrons. The molecule has 2 fully saturated rings. The van der Waals surface area contributed by atoms with Crippen molar-refractivity contribution in [1.29, 1.82) is 0 Å². The molecule has 0 amide bonds. The lowest BCUT2D eigenvalue weighted by Crippen LogP contribution is -2.39. The molecule has 1 aliphatic carbocycles. The predicted octanol–water partition coefficient (Wildman–Crippen LogP) is 3.45. The van der Waals surface area contributed by atoms with Gasteiger partial charge in [-0.2, -0.15) is 0 Å². The highest BCUT2D eigenvalue weighted by molar-refractivity contribution is 9.10. The monoisotopic (exact) mass is 356 g/mol. The maximum atomic E-state index is 10.8. The molecule has 1 saturated carbocycles. The van der Waals surface area contributed by atoms with Crippen LogP contribution in [0.2, 0.25) is 0 Å². The quantitative estimate of drug-likeness (QED) is 0.663. The summed E-state index contributed by atoms with van der Waals surface area (Å²) in [5, 5.41) is 14.2. The summed E-state index contributed by atoms with van der Waals surface area (Å²) in [6, 6.07) is 5.36. The van der Waals surface area contributed by atoms with E-state index in [4.69, 9.17) is 9.47 Å². The first-order chi connectivity index (χ1) is 10.1. The van der Waals surface area contributed by atoms with E-state index in [2.05, 4.69) is 21.2 Å². The first-order valence-corrected chi connectivity index (χ1v) is 7.86. The number of nitrogens with one attached hydrogen (secondary N) is 1. The minimum atomic E-state index is -0.396. The number of halogens is 1. The van der Waals surface area contributed by atoms with Crippen molar-refractivity contribution in [1.82, 2.24) is 0 Å². The Morgan fingerprint density at radius 1 is 1.29 bits per heavy atom. The summed E-state index contributed by atoms with van der Waals surface area (Å²) in [7, 11) is 0. The maximum Gasteiger partial charge on any atom is 0.283 e. The van der Waals surface area contributed by atoms with Gasteiger partial charge in [0.1, 0.15) is 0 Å². The standard InChI is InChI=1S/C14H17BrN2O4/c15-12-9-11(1-2-13(12)17(18)19)16-10-3-5-14(6-4-10)20-7-8-21-14/h1-2,9-10,16H,3-8H2. The molecule has 1 saturated heterocycles. The highest BCUT2D eigenvalue weighted by atomic mass is 79.9. The van der Waals surface area contributed by atoms with Crippen molar-refractivity contribution < 1.29 is 14.4 Å². The topological polar surface area (TPSA) is 73.6 Å². The molecule has 1 aliphatic heterocycles. The third-order valence-corrected chi connectivity index (χ3v) is 4.71. The van der Waals surface area contributed by atoms with E-state index in [1.54, 1.807) is 12.1 Å². The first-order valence-electron chi connectivity index (χ1n) is 7.06. The maximum absolute atomic E-state index is 10.8. The van der Waals surface area contributed by atoms with Gasteiger partial charge in [-0.1, -0.05) is 0 Å². The molecule has 6 nitrogen and oxygen atoms in total. The molecule has 2 aliphatic rings. The Morgan fingerprint density at radius 2 is 1.95 bits per heavy atom. The number of nitro groups is 1. The summed E-state index contributed by atoms with van der Waals surface area (Å²) < 4.78 is 11.9. The molecule has 1 heterocycles. The van der Waals surface area contributed by atoms with Crippen molar-refractivity contribution in [3.05, 3.63) is 32.8 Å².